The summed E-state index contributed by atoms with van der Waals surface area (Å²) in [6.45, 7) is 0. The van der Waals surface area contributed by atoms with Gasteiger partial charge in [-0.1, -0.05) is 47.6 Å². The maximum atomic E-state index is 13.0. The first-order chi connectivity index (χ1) is 14.0. The smallest absolute Gasteiger partial charge is 0.286 e. The summed E-state index contributed by atoms with van der Waals surface area (Å²) in [5.41, 5.74) is 1.47. The summed E-state index contributed by atoms with van der Waals surface area (Å²) in [5.74, 6) is 0.363. The highest BCUT2D eigenvalue weighted by Gasteiger charge is 2.32. The Bertz CT molecular complexity index is 1160. The Morgan fingerprint density at radius 1 is 1.10 bits per heavy atom. The lowest BCUT2D eigenvalue weighted by molar-refractivity contribution is -0.122. The van der Waals surface area contributed by atoms with Crippen LogP contribution in [0.15, 0.2) is 75.1 Å². The van der Waals surface area contributed by atoms with Crippen molar-refractivity contribution in [1.29, 1.82) is 0 Å². The average Bonchev–Trinajstić information content (AvgIpc) is 3.27. The molecule has 0 spiro atoms. The standard InChI is InChI=1S/C21H12ClFN2O2S2/c22-17-4-2-1-3-16(17)18-10-9-15(27-18)12-24-25-20(26)19(29-21(25)28)11-13-5-7-14(23)8-6-13/h1-12H/b19-11-,24-12-. The monoisotopic (exact) mass is 442 g/mol. The predicted octanol–water partition coefficient (Wildman–Crippen LogP) is 5.97. The molecule has 1 aromatic heterocycles. The summed E-state index contributed by atoms with van der Waals surface area (Å²) in [4.78, 5) is 13.0. The van der Waals surface area contributed by atoms with Crippen LogP contribution in [0.25, 0.3) is 17.4 Å². The third-order valence-corrected chi connectivity index (χ3v) is 5.62. The third kappa shape index (κ3) is 4.32. The van der Waals surface area contributed by atoms with Crippen molar-refractivity contribution in [3.05, 3.63) is 87.7 Å². The van der Waals surface area contributed by atoms with E-state index in [1.54, 1.807) is 36.4 Å². The SMILES string of the molecule is O=C1/C(=C/c2ccc(F)cc2)SC(=S)N1/N=C\c1ccc(-c2ccccc2Cl)o1. The lowest BCUT2D eigenvalue weighted by Crippen LogP contribution is -2.22. The largest absolute Gasteiger partial charge is 0.455 e. The number of rotatable bonds is 4. The second-order valence-corrected chi connectivity index (χ2v) is 8.05. The zero-order chi connectivity index (χ0) is 20.4. The van der Waals surface area contributed by atoms with Gasteiger partial charge in [0.2, 0.25) is 0 Å². The topological polar surface area (TPSA) is 45.8 Å². The molecule has 3 aromatic rings. The molecule has 1 saturated heterocycles. The molecule has 29 heavy (non-hydrogen) atoms. The van der Waals surface area contributed by atoms with E-state index in [4.69, 9.17) is 28.2 Å². The van der Waals surface area contributed by atoms with Crippen molar-refractivity contribution < 1.29 is 13.6 Å². The number of carbonyl (C=O) groups excluding carboxylic acids is 1. The normalized spacial score (nSPS) is 15.8. The van der Waals surface area contributed by atoms with E-state index in [1.165, 1.54) is 18.3 Å². The lowest BCUT2D eigenvalue weighted by Gasteiger charge is -2.05. The quantitative estimate of drug-likeness (QED) is 0.283. The first-order valence-corrected chi connectivity index (χ1v) is 10.0. The highest BCUT2D eigenvalue weighted by atomic mass is 35.5. The fourth-order valence-corrected chi connectivity index (χ4v) is 4.01. The van der Waals surface area contributed by atoms with E-state index in [2.05, 4.69) is 5.10 Å². The lowest BCUT2D eigenvalue weighted by atomic mass is 10.2. The van der Waals surface area contributed by atoms with E-state index in [9.17, 15) is 9.18 Å². The Morgan fingerprint density at radius 2 is 1.86 bits per heavy atom. The predicted molar refractivity (Wildman–Crippen MR) is 118 cm³/mol. The van der Waals surface area contributed by atoms with Crippen LogP contribution in [0, 0.1) is 5.82 Å². The van der Waals surface area contributed by atoms with Crippen LogP contribution in [0.1, 0.15) is 11.3 Å². The number of halogens is 2. The van der Waals surface area contributed by atoms with E-state index in [1.807, 2.05) is 18.2 Å². The summed E-state index contributed by atoms with van der Waals surface area (Å²) in [5, 5.41) is 5.87. The summed E-state index contributed by atoms with van der Waals surface area (Å²) >= 11 is 12.6. The number of nitrogens with zero attached hydrogens (tertiary/aromatic N) is 2. The number of thioether (sulfide) groups is 1. The molecule has 1 amide bonds. The van der Waals surface area contributed by atoms with E-state index >= 15 is 0 Å². The Labute approximate surface area is 180 Å². The second kappa shape index (κ2) is 8.32. The van der Waals surface area contributed by atoms with Crippen LogP contribution < -0.4 is 0 Å². The first-order valence-electron chi connectivity index (χ1n) is 8.43. The van der Waals surface area contributed by atoms with Crippen LogP contribution in [0.2, 0.25) is 5.02 Å². The number of hydrogen-bond donors (Lipinski definition) is 0. The van der Waals surface area contributed by atoms with Gasteiger partial charge in [-0.2, -0.15) is 10.1 Å². The number of carbonyl (C=O) groups is 1. The maximum absolute atomic E-state index is 13.0. The van der Waals surface area contributed by atoms with E-state index in [-0.39, 0.29) is 11.7 Å². The Balaban J connectivity index is 1.52. The van der Waals surface area contributed by atoms with Gasteiger partial charge < -0.3 is 4.42 Å². The second-order valence-electron chi connectivity index (χ2n) is 5.97. The molecule has 4 rings (SSSR count). The van der Waals surface area contributed by atoms with Crippen LogP contribution >= 0.6 is 35.6 Å². The molecule has 1 aliphatic heterocycles. The molecule has 0 saturated carbocycles. The minimum Gasteiger partial charge on any atom is -0.455 e. The number of thiocarbonyl (C=S) groups is 1. The Kier molecular flexibility index (Phi) is 5.62. The van der Waals surface area contributed by atoms with Crippen molar-refractivity contribution in [3.63, 3.8) is 0 Å². The van der Waals surface area contributed by atoms with Gasteiger partial charge in [-0.3, -0.25) is 4.79 Å². The average molecular weight is 443 g/mol. The van der Waals surface area contributed by atoms with Crippen molar-refractivity contribution >= 4 is 58.1 Å². The van der Waals surface area contributed by atoms with Gasteiger partial charge >= 0.3 is 0 Å². The van der Waals surface area contributed by atoms with Crippen molar-refractivity contribution in [2.24, 2.45) is 5.10 Å². The summed E-state index contributed by atoms with van der Waals surface area (Å²) < 4.78 is 19.1. The van der Waals surface area contributed by atoms with Gasteiger partial charge in [0, 0.05) is 5.56 Å². The zero-order valence-electron chi connectivity index (χ0n) is 14.7. The van der Waals surface area contributed by atoms with Crippen LogP contribution in [0.5, 0.6) is 0 Å². The van der Waals surface area contributed by atoms with Gasteiger partial charge in [-0.15, -0.1) is 0 Å². The van der Waals surface area contributed by atoms with E-state index in [0.29, 0.717) is 31.3 Å². The summed E-state index contributed by atoms with van der Waals surface area (Å²) in [7, 11) is 0. The van der Waals surface area contributed by atoms with E-state index < -0.39 is 0 Å². The van der Waals surface area contributed by atoms with Gasteiger partial charge in [0.15, 0.2) is 4.32 Å². The molecule has 4 nitrogen and oxygen atoms in total. The highest BCUT2D eigenvalue weighted by molar-refractivity contribution is 8.26. The fraction of sp³-hybridized carbons (Fsp3) is 0. The van der Waals surface area contributed by atoms with E-state index in [0.717, 1.165) is 22.3 Å². The summed E-state index contributed by atoms with van der Waals surface area (Å²) in [6, 6.07) is 16.7. The third-order valence-electron chi connectivity index (χ3n) is 4.01. The zero-order valence-corrected chi connectivity index (χ0v) is 17.1. The van der Waals surface area contributed by atoms with Gasteiger partial charge in [0.05, 0.1) is 16.1 Å². The molecule has 8 heteroatoms. The number of benzene rings is 2. The molecule has 0 aliphatic carbocycles. The molecule has 1 fully saturated rings. The van der Waals surface area contributed by atoms with Crippen molar-refractivity contribution in [2.75, 3.05) is 0 Å². The molecular weight excluding hydrogens is 431 g/mol. The van der Waals surface area contributed by atoms with Crippen LogP contribution in [0.3, 0.4) is 0 Å². The minimum absolute atomic E-state index is 0.303. The minimum atomic E-state index is -0.349. The maximum Gasteiger partial charge on any atom is 0.286 e. The van der Waals surface area contributed by atoms with Crippen LogP contribution in [-0.2, 0) is 4.79 Å². The molecule has 0 unspecified atom stereocenters. The van der Waals surface area contributed by atoms with Crippen molar-refractivity contribution in [2.45, 2.75) is 0 Å². The van der Waals surface area contributed by atoms with Gasteiger partial charge in [0.1, 0.15) is 17.3 Å². The molecule has 2 heterocycles. The van der Waals surface area contributed by atoms with Crippen LogP contribution in [0.4, 0.5) is 4.39 Å². The Morgan fingerprint density at radius 3 is 2.62 bits per heavy atom. The highest BCUT2D eigenvalue weighted by Crippen LogP contribution is 2.33. The molecule has 0 bridgehead atoms. The Hall–Kier alpha value is -2.74. The molecule has 0 N–H and O–H groups in total. The molecule has 0 atom stereocenters. The number of amides is 1. The number of furan rings is 1. The molecule has 0 radical (unpaired) electrons. The molecule has 144 valence electrons. The van der Waals surface area contributed by atoms with Crippen molar-refractivity contribution in [3.8, 4) is 11.3 Å². The number of hydrogen-bond acceptors (Lipinski definition) is 5. The van der Waals surface area contributed by atoms with Gasteiger partial charge in [0.25, 0.3) is 5.91 Å². The first kappa shape index (κ1) is 19.6. The molecule has 1 aliphatic rings. The fourth-order valence-electron chi connectivity index (χ4n) is 2.61. The summed E-state index contributed by atoms with van der Waals surface area (Å²) in [6.07, 6.45) is 3.07. The van der Waals surface area contributed by atoms with Gasteiger partial charge in [-0.25, -0.2) is 4.39 Å². The number of hydrazone groups is 1. The van der Waals surface area contributed by atoms with Crippen molar-refractivity contribution in [1.82, 2.24) is 5.01 Å². The van der Waals surface area contributed by atoms with Crippen LogP contribution in [-0.4, -0.2) is 21.5 Å². The molecular formula is C21H12ClFN2O2S2. The van der Waals surface area contributed by atoms with Gasteiger partial charge in [-0.05, 0) is 60.3 Å². The molecule has 2 aromatic carbocycles.